The predicted molar refractivity (Wildman–Crippen MR) is 69.1 cm³/mol. The number of aliphatic carboxylic acids is 2. The molecule has 8 nitrogen and oxygen atoms in total. The first-order valence-electron chi connectivity index (χ1n) is 6.11. The lowest BCUT2D eigenvalue weighted by atomic mass is 10.1. The van der Waals surface area contributed by atoms with Crippen molar-refractivity contribution in [3.8, 4) is 0 Å². The Morgan fingerprint density at radius 3 is 2.40 bits per heavy atom. The van der Waals surface area contributed by atoms with Crippen molar-refractivity contribution in [2.24, 2.45) is 0 Å². The van der Waals surface area contributed by atoms with Crippen molar-refractivity contribution in [1.29, 1.82) is 0 Å². The van der Waals surface area contributed by atoms with Gasteiger partial charge < -0.3 is 20.1 Å². The quantitative estimate of drug-likeness (QED) is 0.678. The summed E-state index contributed by atoms with van der Waals surface area (Å²) in [5.41, 5.74) is 1.12. The third-order valence-electron chi connectivity index (χ3n) is 2.44. The molecule has 20 heavy (non-hydrogen) atoms. The number of nitrogens with one attached hydrogen (secondary N) is 1. The number of carboxylic acids is 2. The summed E-state index contributed by atoms with van der Waals surface area (Å²) in [6.07, 6.45) is 3.20. The van der Waals surface area contributed by atoms with E-state index >= 15 is 0 Å². The maximum absolute atomic E-state index is 9.10. The lowest BCUT2D eigenvalue weighted by Gasteiger charge is -2.09. The Hall–Kier alpha value is -2.22. The number of aromatic nitrogens is 2. The molecule has 0 bridgehead atoms. The molecule has 0 atom stereocenters. The highest BCUT2D eigenvalue weighted by Gasteiger charge is 2.14. The molecule has 1 aliphatic heterocycles. The summed E-state index contributed by atoms with van der Waals surface area (Å²) >= 11 is 0. The molecule has 0 aliphatic carbocycles. The lowest BCUT2D eigenvalue weighted by Crippen LogP contribution is -2.21. The highest BCUT2D eigenvalue weighted by atomic mass is 16.5. The van der Waals surface area contributed by atoms with E-state index in [1.165, 1.54) is 0 Å². The van der Waals surface area contributed by atoms with Crippen molar-refractivity contribution in [1.82, 2.24) is 15.5 Å². The van der Waals surface area contributed by atoms with Gasteiger partial charge in [0, 0.05) is 18.0 Å². The molecule has 0 radical (unpaired) electrons. The van der Waals surface area contributed by atoms with E-state index in [2.05, 4.69) is 35.4 Å². The minimum atomic E-state index is -1.82. The van der Waals surface area contributed by atoms with E-state index in [4.69, 9.17) is 24.3 Å². The molecular formula is C12H17N3O5. The summed E-state index contributed by atoms with van der Waals surface area (Å²) in [5.74, 6) is -1.87. The molecule has 110 valence electrons. The Bertz CT molecular complexity index is 495. The first-order valence-corrected chi connectivity index (χ1v) is 6.11. The van der Waals surface area contributed by atoms with Crippen LogP contribution in [0.4, 0.5) is 0 Å². The zero-order valence-electron chi connectivity index (χ0n) is 11.3. The zero-order chi connectivity index (χ0) is 15.1. The monoisotopic (exact) mass is 283 g/mol. The van der Waals surface area contributed by atoms with Gasteiger partial charge in [0.25, 0.3) is 5.89 Å². The van der Waals surface area contributed by atoms with Gasteiger partial charge in [-0.25, -0.2) is 9.59 Å². The van der Waals surface area contributed by atoms with Crippen LogP contribution in [0.3, 0.4) is 0 Å². The topological polar surface area (TPSA) is 126 Å². The van der Waals surface area contributed by atoms with Crippen LogP contribution in [0.1, 0.15) is 37.9 Å². The molecule has 1 aromatic rings. The predicted octanol–water partition coefficient (Wildman–Crippen LogP) is 0.725. The second kappa shape index (κ2) is 7.39. The van der Waals surface area contributed by atoms with Gasteiger partial charge in [-0.1, -0.05) is 25.1 Å². The molecule has 3 N–H and O–H groups in total. The maximum atomic E-state index is 9.10. The first kappa shape index (κ1) is 15.8. The van der Waals surface area contributed by atoms with Crippen LogP contribution in [0, 0.1) is 0 Å². The minimum Gasteiger partial charge on any atom is -0.473 e. The number of hydrogen-bond donors (Lipinski definition) is 3. The van der Waals surface area contributed by atoms with Crippen molar-refractivity contribution in [2.45, 2.75) is 26.2 Å². The third-order valence-corrected chi connectivity index (χ3v) is 2.44. The van der Waals surface area contributed by atoms with Gasteiger partial charge >= 0.3 is 11.9 Å². The Morgan fingerprint density at radius 2 is 2.00 bits per heavy atom. The van der Waals surface area contributed by atoms with E-state index in [1.54, 1.807) is 0 Å². The average molecular weight is 283 g/mol. The number of carbonyl (C=O) groups is 2. The van der Waals surface area contributed by atoms with Crippen LogP contribution in [-0.4, -0.2) is 45.4 Å². The van der Waals surface area contributed by atoms with Gasteiger partial charge in [0.2, 0.25) is 0 Å². The van der Waals surface area contributed by atoms with E-state index in [-0.39, 0.29) is 0 Å². The minimum absolute atomic E-state index is 0.324. The Balaban J connectivity index is 0.000000286. The molecule has 0 fully saturated rings. The molecule has 0 unspecified atom stereocenters. The summed E-state index contributed by atoms with van der Waals surface area (Å²) in [6, 6.07) is 0. The molecule has 0 spiro atoms. The van der Waals surface area contributed by atoms with E-state index < -0.39 is 11.9 Å². The van der Waals surface area contributed by atoms with Crippen LogP contribution in [-0.2, 0) is 9.59 Å². The average Bonchev–Trinajstić information content (AvgIpc) is 2.90. The van der Waals surface area contributed by atoms with E-state index in [0.29, 0.717) is 11.8 Å². The molecule has 8 heteroatoms. The Kier molecular flexibility index (Phi) is 5.85. The van der Waals surface area contributed by atoms with Crippen LogP contribution in [0.2, 0.25) is 0 Å². The second-order valence-electron chi connectivity index (χ2n) is 4.42. The van der Waals surface area contributed by atoms with Crippen molar-refractivity contribution in [3.05, 3.63) is 17.8 Å². The van der Waals surface area contributed by atoms with Gasteiger partial charge in [-0.2, -0.15) is 4.98 Å². The maximum Gasteiger partial charge on any atom is 0.414 e. The molecule has 1 aromatic heterocycles. The van der Waals surface area contributed by atoms with E-state index in [9.17, 15) is 0 Å². The van der Waals surface area contributed by atoms with Crippen molar-refractivity contribution >= 4 is 17.5 Å². The number of rotatable bonds is 2. The van der Waals surface area contributed by atoms with Gasteiger partial charge in [0.15, 0.2) is 5.82 Å². The molecule has 0 amide bonds. The summed E-state index contributed by atoms with van der Waals surface area (Å²) in [6.45, 7) is 5.98. The van der Waals surface area contributed by atoms with Crippen molar-refractivity contribution < 1.29 is 24.3 Å². The summed E-state index contributed by atoms with van der Waals surface area (Å²) < 4.78 is 5.20. The molecule has 0 aromatic carbocycles. The Morgan fingerprint density at radius 1 is 1.35 bits per heavy atom. The number of nitrogens with zero attached hydrogens (tertiary/aromatic N) is 2. The van der Waals surface area contributed by atoms with Gasteiger partial charge in [-0.05, 0) is 13.0 Å². The summed E-state index contributed by atoms with van der Waals surface area (Å²) in [7, 11) is 0. The van der Waals surface area contributed by atoms with Crippen LogP contribution in [0.15, 0.2) is 10.6 Å². The van der Waals surface area contributed by atoms with Crippen molar-refractivity contribution in [3.63, 3.8) is 0 Å². The molecule has 2 heterocycles. The molecule has 0 saturated carbocycles. The van der Waals surface area contributed by atoms with Crippen LogP contribution in [0.5, 0.6) is 0 Å². The zero-order valence-corrected chi connectivity index (χ0v) is 11.3. The highest BCUT2D eigenvalue weighted by molar-refractivity contribution is 6.27. The molecular weight excluding hydrogens is 266 g/mol. The smallest absolute Gasteiger partial charge is 0.414 e. The number of carboxylic acid groups (broad SMARTS) is 2. The standard InChI is InChI=1S/C10H15N3O.C2H2O4/c1-7(2)9-12-10(14-13-9)8-4-3-5-11-6-8;3-1(4)2(5)6/h4,7,11H,3,5-6H2,1-2H3;(H,3,4)(H,5,6). The normalized spacial score (nSPS) is 14.2. The van der Waals surface area contributed by atoms with Gasteiger partial charge in [0.1, 0.15) is 0 Å². The number of hydrogen-bond acceptors (Lipinski definition) is 6. The SMILES string of the molecule is CC(C)c1noc(C2=CCCNC2)n1.O=C(O)C(=O)O. The lowest BCUT2D eigenvalue weighted by molar-refractivity contribution is -0.159. The summed E-state index contributed by atoms with van der Waals surface area (Å²) in [4.78, 5) is 22.5. The fourth-order valence-electron chi connectivity index (χ4n) is 1.41. The van der Waals surface area contributed by atoms with Crippen LogP contribution >= 0.6 is 0 Å². The van der Waals surface area contributed by atoms with Gasteiger partial charge in [-0.3, -0.25) is 0 Å². The van der Waals surface area contributed by atoms with Gasteiger partial charge in [-0.15, -0.1) is 0 Å². The molecule has 1 aliphatic rings. The van der Waals surface area contributed by atoms with Gasteiger partial charge in [0.05, 0.1) is 0 Å². The fourth-order valence-corrected chi connectivity index (χ4v) is 1.41. The highest BCUT2D eigenvalue weighted by Crippen LogP contribution is 2.17. The molecule has 2 rings (SSSR count). The fraction of sp³-hybridized carbons (Fsp3) is 0.500. The van der Waals surface area contributed by atoms with E-state index in [1.807, 2.05) is 0 Å². The first-order chi connectivity index (χ1) is 9.41. The Labute approximate surface area is 115 Å². The van der Waals surface area contributed by atoms with Crippen molar-refractivity contribution in [2.75, 3.05) is 13.1 Å². The largest absolute Gasteiger partial charge is 0.473 e. The van der Waals surface area contributed by atoms with E-state index in [0.717, 1.165) is 30.9 Å². The molecule has 0 saturated heterocycles. The third kappa shape index (κ3) is 4.81. The summed E-state index contributed by atoms with van der Waals surface area (Å²) in [5, 5.41) is 22.0. The van der Waals surface area contributed by atoms with Crippen LogP contribution < -0.4 is 5.32 Å². The second-order valence-corrected chi connectivity index (χ2v) is 4.42. The van der Waals surface area contributed by atoms with Crippen LogP contribution in [0.25, 0.3) is 5.57 Å².